The van der Waals surface area contributed by atoms with E-state index in [1.54, 1.807) is 0 Å². The van der Waals surface area contributed by atoms with Crippen molar-refractivity contribution < 1.29 is 181 Å². The number of rotatable bonds is 22. The number of ether oxygens (including phenoxy) is 17. The molecule has 488 valence electrons. The molecule has 9 unspecified atom stereocenters. The number of carbonyl (C=O) groups excluding carboxylic acids is 6. The minimum absolute atomic E-state index is 0.874. The predicted octanol–water partition coefficient (Wildman–Crippen LogP) is -10.7. The zero-order chi connectivity index (χ0) is 63.0. The molecule has 0 aliphatic carbocycles. The van der Waals surface area contributed by atoms with Crippen molar-refractivity contribution in [1.29, 1.82) is 0 Å². The zero-order valence-electron chi connectivity index (χ0n) is 46.2. The van der Waals surface area contributed by atoms with Gasteiger partial charge in [-0.3, -0.25) is 28.8 Å². The summed E-state index contributed by atoms with van der Waals surface area (Å²) in [5, 5.41) is 152. The first kappa shape index (κ1) is 69.9. The van der Waals surface area contributed by atoms with E-state index in [0.29, 0.717) is 0 Å². The van der Waals surface area contributed by atoms with E-state index in [0.717, 1.165) is 41.5 Å². The molecule has 6 fully saturated rings. The van der Waals surface area contributed by atoms with Crippen LogP contribution in [0.15, 0.2) is 0 Å². The zero-order valence-corrected chi connectivity index (χ0v) is 46.2. The summed E-state index contributed by atoms with van der Waals surface area (Å²) in [7, 11) is 0. The van der Waals surface area contributed by atoms with Crippen molar-refractivity contribution in [2.75, 3.05) is 39.6 Å². The van der Waals surface area contributed by atoms with Crippen molar-refractivity contribution in [1.82, 2.24) is 0 Å². The van der Waals surface area contributed by atoms with Gasteiger partial charge in [0, 0.05) is 41.5 Å². The second kappa shape index (κ2) is 30.8. The molecule has 0 aromatic heterocycles. The van der Waals surface area contributed by atoms with E-state index in [1.165, 1.54) is 0 Å². The molecule has 0 amide bonds. The fourth-order valence-electron chi connectivity index (χ4n) is 10.4. The number of hydrogen-bond donors (Lipinski definition) is 14. The Kier molecular flexibility index (Phi) is 25.4. The van der Waals surface area contributed by atoms with Crippen LogP contribution in [0.25, 0.3) is 0 Å². The molecule has 14 N–H and O–H groups in total. The maximum Gasteiger partial charge on any atom is 0.303 e. The lowest BCUT2D eigenvalue weighted by Gasteiger charge is -2.50. The summed E-state index contributed by atoms with van der Waals surface area (Å²) in [5.74, 6) is -6.40. The van der Waals surface area contributed by atoms with Gasteiger partial charge in [0.1, 0.15) is 110 Å². The van der Waals surface area contributed by atoms with Gasteiger partial charge in [0.2, 0.25) is 0 Å². The third kappa shape index (κ3) is 16.4. The van der Waals surface area contributed by atoms with Crippen LogP contribution in [0.4, 0.5) is 0 Å². The SMILES string of the molecule is CC(=O)O[C@@H]1[C@H](O)[C@@H](OC2C(CO)O[C@@H](O[C@@H]3C(CO)O[C@H](OC4C(CO)O[C@@H](O)[C@@H](O)[C@H]4OC(C)=O)[C@@H](O)[C@H]3OC(C)=O)[C@@H](O)[C@H]2OC(C)=O)OC(CO)[C@H]1O[C@@H]1OC(CO)C(O[C@H]2O[C@H](CO)C(O)[C@H](OC(C)=O)[C@@H]2O)[C@H](OC(C)=O)[C@@H]1O. The molecule has 0 spiro atoms. The molecule has 0 aromatic carbocycles. The summed E-state index contributed by atoms with van der Waals surface area (Å²) < 4.78 is 95.4. The monoisotopic (exact) mass is 1240 g/mol. The largest absolute Gasteiger partial charge is 0.457 e. The first-order valence-corrected chi connectivity index (χ1v) is 26.5. The highest BCUT2D eigenvalue weighted by molar-refractivity contribution is 5.68. The standard InChI is InChI=1S/C48H74O37/c1-13(55)69-37-25(61)19(7-49)76-44(27(37)63)82-33-21(9-51)78-46(29(65)39(33)71-15(3)57)84-35-23(11-53)80-48(31(67)41(35)73-17(5)59)85-36-24(12-54)79-47(30(66)42(36)74-18(6)60)83-34-22(10-52)77-45(28(64)40(34)72-16(4)58)81-32-20(8-50)75-43(68)26(62)38(32)70-14(2)56/h19-54,61-68H,7-12H2,1-6H3/t19-,20?,21?,22?,23?,24?,25?,26+,27+,28+,29+,30+,31+,32?,33?,34-,35-,36?,37+,38-,39-,40-,41-,42-,43-,44-,45-,46+,47+,48-/m1/s1. The fourth-order valence-corrected chi connectivity index (χ4v) is 10.4. The third-order valence-electron chi connectivity index (χ3n) is 14.1. The summed E-state index contributed by atoms with van der Waals surface area (Å²) in [6, 6.07) is 0. The first-order chi connectivity index (χ1) is 40.1. The van der Waals surface area contributed by atoms with Crippen LogP contribution < -0.4 is 0 Å². The molecule has 6 rings (SSSR count). The van der Waals surface area contributed by atoms with E-state index in [1.807, 2.05) is 0 Å². The molecule has 6 aliphatic rings. The van der Waals surface area contributed by atoms with E-state index in [2.05, 4.69) is 0 Å². The molecule has 30 atom stereocenters. The van der Waals surface area contributed by atoms with Gasteiger partial charge >= 0.3 is 35.8 Å². The summed E-state index contributed by atoms with van der Waals surface area (Å²) in [6.07, 6.45) is -58.5. The van der Waals surface area contributed by atoms with Gasteiger partial charge in [-0.1, -0.05) is 0 Å². The number of esters is 6. The van der Waals surface area contributed by atoms with E-state index in [4.69, 9.17) is 80.5 Å². The summed E-state index contributed by atoms with van der Waals surface area (Å²) in [6.45, 7) is -0.794. The lowest BCUT2D eigenvalue weighted by molar-refractivity contribution is -0.396. The molecule has 6 saturated heterocycles. The van der Waals surface area contributed by atoms with Crippen LogP contribution in [0.5, 0.6) is 0 Å². The molecule has 85 heavy (non-hydrogen) atoms. The Morgan fingerprint density at radius 3 is 0.671 bits per heavy atom. The van der Waals surface area contributed by atoms with Gasteiger partial charge in [0.25, 0.3) is 0 Å². The van der Waals surface area contributed by atoms with Crippen molar-refractivity contribution in [3.8, 4) is 0 Å². The smallest absolute Gasteiger partial charge is 0.303 e. The molecule has 6 aliphatic heterocycles. The van der Waals surface area contributed by atoms with Gasteiger partial charge in [0.15, 0.2) is 74.4 Å². The number of aliphatic hydroxyl groups is 14. The van der Waals surface area contributed by atoms with Gasteiger partial charge in [-0.15, -0.1) is 0 Å². The molecule has 0 aromatic rings. The lowest BCUT2D eigenvalue weighted by atomic mass is 9.94. The highest BCUT2D eigenvalue weighted by Crippen LogP contribution is 2.39. The van der Waals surface area contributed by atoms with Crippen molar-refractivity contribution in [3.63, 3.8) is 0 Å². The molecule has 6 heterocycles. The Morgan fingerprint density at radius 2 is 0.447 bits per heavy atom. The molecule has 0 saturated carbocycles. The van der Waals surface area contributed by atoms with E-state index < -0.39 is 260 Å². The summed E-state index contributed by atoms with van der Waals surface area (Å²) in [5.41, 5.74) is 0. The van der Waals surface area contributed by atoms with Crippen LogP contribution in [-0.4, -0.2) is 331 Å². The van der Waals surface area contributed by atoms with Gasteiger partial charge in [-0.25, -0.2) is 0 Å². The third-order valence-corrected chi connectivity index (χ3v) is 14.1. The average Bonchev–Trinajstić information content (AvgIpc) is 1.55. The van der Waals surface area contributed by atoms with E-state index in [9.17, 15) is 100 Å². The average molecular weight is 1240 g/mol. The Balaban J connectivity index is 1.23. The maximum atomic E-state index is 12.7. The minimum Gasteiger partial charge on any atom is -0.457 e. The van der Waals surface area contributed by atoms with Crippen molar-refractivity contribution in [2.24, 2.45) is 0 Å². The molecule has 0 radical (unpaired) electrons. The lowest BCUT2D eigenvalue weighted by Crippen LogP contribution is -2.69. The first-order valence-electron chi connectivity index (χ1n) is 26.5. The molecular formula is C48H74O37. The van der Waals surface area contributed by atoms with Gasteiger partial charge < -0.3 is 152 Å². The van der Waals surface area contributed by atoms with E-state index >= 15 is 0 Å². The Bertz CT molecular complexity index is 2210. The predicted molar refractivity (Wildman–Crippen MR) is 256 cm³/mol. The van der Waals surface area contributed by atoms with Crippen LogP contribution in [0, 0.1) is 0 Å². The van der Waals surface area contributed by atoms with Crippen molar-refractivity contribution in [3.05, 3.63) is 0 Å². The maximum absolute atomic E-state index is 12.7. The molecular weight excluding hydrogens is 1170 g/mol. The number of aliphatic hydroxyl groups excluding tert-OH is 14. The topological polar surface area (TPSA) is 543 Å². The second-order valence-electron chi connectivity index (χ2n) is 20.3. The number of carbonyl (C=O) groups is 6. The fraction of sp³-hybridized carbons (Fsp3) is 0.875. The van der Waals surface area contributed by atoms with Gasteiger partial charge in [0.05, 0.1) is 39.6 Å². The summed E-state index contributed by atoms with van der Waals surface area (Å²) in [4.78, 5) is 74.3. The van der Waals surface area contributed by atoms with Crippen LogP contribution >= 0.6 is 0 Å². The Hall–Kier alpha value is -4.18. The minimum atomic E-state index is -2.28. The molecule has 37 heteroatoms. The van der Waals surface area contributed by atoms with Crippen molar-refractivity contribution >= 4 is 35.8 Å². The second-order valence-corrected chi connectivity index (χ2v) is 20.3. The van der Waals surface area contributed by atoms with E-state index in [-0.39, 0.29) is 0 Å². The quantitative estimate of drug-likeness (QED) is 0.0354. The highest BCUT2D eigenvalue weighted by Gasteiger charge is 2.60. The van der Waals surface area contributed by atoms with Gasteiger partial charge in [-0.05, 0) is 0 Å². The molecule has 37 nitrogen and oxygen atoms in total. The van der Waals surface area contributed by atoms with Crippen LogP contribution in [0.1, 0.15) is 41.5 Å². The van der Waals surface area contributed by atoms with Crippen molar-refractivity contribution in [2.45, 2.75) is 226 Å². The van der Waals surface area contributed by atoms with Crippen LogP contribution in [0.3, 0.4) is 0 Å². The highest BCUT2D eigenvalue weighted by atomic mass is 16.8. The Labute approximate surface area is 481 Å². The molecule has 0 bridgehead atoms. The van der Waals surface area contributed by atoms with Crippen LogP contribution in [0.2, 0.25) is 0 Å². The number of hydrogen-bond acceptors (Lipinski definition) is 37. The Morgan fingerprint density at radius 1 is 0.259 bits per heavy atom. The normalized spacial score (nSPS) is 44.0. The van der Waals surface area contributed by atoms with Crippen LogP contribution in [-0.2, 0) is 109 Å². The summed E-state index contributed by atoms with van der Waals surface area (Å²) >= 11 is 0. The van der Waals surface area contributed by atoms with Gasteiger partial charge in [-0.2, -0.15) is 0 Å².